The average molecular weight is 437 g/mol. The number of hydrogen-bond donors (Lipinski definition) is 2. The normalized spacial score (nSPS) is 15.0. The number of hydrogen-bond acceptors (Lipinski definition) is 4. The molecule has 2 aromatic heterocycles. The molecule has 0 atom stereocenters. The number of imidazole rings is 1. The molecule has 2 heterocycles. The molecule has 3 aromatic rings. The summed E-state index contributed by atoms with van der Waals surface area (Å²) in [5.41, 5.74) is 1.47. The van der Waals surface area contributed by atoms with Gasteiger partial charge in [0.25, 0.3) is 5.56 Å². The minimum Gasteiger partial charge on any atom is -0.478 e. The van der Waals surface area contributed by atoms with Gasteiger partial charge in [-0.1, -0.05) is 44.4 Å². The fraction of sp³-hybridized carbons (Fsp3) is 0.417. The maximum absolute atomic E-state index is 13.2. The molecule has 168 valence electrons. The summed E-state index contributed by atoms with van der Waals surface area (Å²) in [5.74, 6) is -0.135. The minimum absolute atomic E-state index is 0.260. The molecule has 0 saturated heterocycles. The van der Waals surface area contributed by atoms with E-state index in [1.165, 1.54) is 29.9 Å². The van der Waals surface area contributed by atoms with E-state index in [2.05, 4.69) is 9.97 Å². The van der Waals surface area contributed by atoms with E-state index in [1.807, 2.05) is 13.0 Å². The maximum atomic E-state index is 13.2. The van der Waals surface area contributed by atoms with Gasteiger partial charge in [0.05, 0.1) is 0 Å². The van der Waals surface area contributed by atoms with Crippen LogP contribution in [0.15, 0.2) is 39.9 Å². The van der Waals surface area contributed by atoms with E-state index in [1.54, 1.807) is 22.8 Å². The molecule has 4 rings (SSSR count). The van der Waals surface area contributed by atoms with Crippen LogP contribution in [0.5, 0.6) is 0 Å². The van der Waals surface area contributed by atoms with Gasteiger partial charge in [-0.25, -0.2) is 14.6 Å². The lowest BCUT2D eigenvalue weighted by molar-refractivity contribution is -0.131. The second-order valence-corrected chi connectivity index (χ2v) is 8.43. The van der Waals surface area contributed by atoms with Gasteiger partial charge in [0, 0.05) is 24.7 Å². The summed E-state index contributed by atoms with van der Waals surface area (Å²) in [5, 5.41) is 8.87. The number of benzene rings is 1. The molecule has 1 aliphatic rings. The Labute approximate surface area is 185 Å². The highest BCUT2D eigenvalue weighted by Gasteiger charge is 2.21. The number of aromatic nitrogens is 4. The summed E-state index contributed by atoms with van der Waals surface area (Å²) in [6.45, 7) is 2.87. The second kappa shape index (κ2) is 9.38. The van der Waals surface area contributed by atoms with Crippen molar-refractivity contribution in [1.82, 2.24) is 19.1 Å². The van der Waals surface area contributed by atoms with E-state index in [-0.39, 0.29) is 16.8 Å². The number of aromatic amines is 1. The first-order valence-electron chi connectivity index (χ1n) is 11.2. The second-order valence-electron chi connectivity index (χ2n) is 8.43. The van der Waals surface area contributed by atoms with Crippen LogP contribution in [0.2, 0.25) is 0 Å². The lowest BCUT2D eigenvalue weighted by atomic mass is 9.89. The highest BCUT2D eigenvalue weighted by molar-refractivity contribution is 5.85. The SMILES string of the molecule is CCCn1c(=O)c2nc(-c3cccc(C=CC(=O)O)c3)[nH]c2n(CC2CCCCC2)c1=O. The topological polar surface area (TPSA) is 110 Å². The van der Waals surface area contributed by atoms with Crippen LogP contribution in [0.1, 0.15) is 51.0 Å². The van der Waals surface area contributed by atoms with Gasteiger partial charge in [0.2, 0.25) is 0 Å². The Hall–Kier alpha value is -3.42. The summed E-state index contributed by atoms with van der Waals surface area (Å²) >= 11 is 0. The molecule has 0 radical (unpaired) electrons. The third-order valence-electron chi connectivity index (χ3n) is 6.06. The number of nitrogens with zero attached hydrogens (tertiary/aromatic N) is 3. The van der Waals surface area contributed by atoms with E-state index in [4.69, 9.17) is 5.11 Å². The number of rotatable bonds is 7. The van der Waals surface area contributed by atoms with E-state index in [0.29, 0.717) is 48.0 Å². The van der Waals surface area contributed by atoms with Gasteiger partial charge >= 0.3 is 11.7 Å². The zero-order valence-corrected chi connectivity index (χ0v) is 18.2. The highest BCUT2D eigenvalue weighted by atomic mass is 16.4. The first-order chi connectivity index (χ1) is 15.5. The predicted molar refractivity (Wildman–Crippen MR) is 124 cm³/mol. The largest absolute Gasteiger partial charge is 0.478 e. The molecule has 1 aromatic carbocycles. The van der Waals surface area contributed by atoms with E-state index >= 15 is 0 Å². The van der Waals surface area contributed by atoms with Gasteiger partial charge in [0.1, 0.15) is 11.5 Å². The first kappa shape index (κ1) is 21.8. The quantitative estimate of drug-likeness (QED) is 0.550. The van der Waals surface area contributed by atoms with Crippen molar-refractivity contribution in [3.8, 4) is 11.4 Å². The van der Waals surface area contributed by atoms with E-state index in [0.717, 1.165) is 18.9 Å². The maximum Gasteiger partial charge on any atom is 0.332 e. The molecule has 0 unspecified atom stereocenters. The zero-order chi connectivity index (χ0) is 22.7. The van der Waals surface area contributed by atoms with Crippen LogP contribution in [-0.2, 0) is 17.9 Å². The summed E-state index contributed by atoms with van der Waals surface area (Å²) in [7, 11) is 0. The van der Waals surface area contributed by atoms with E-state index < -0.39 is 5.97 Å². The molecule has 2 N–H and O–H groups in total. The van der Waals surface area contributed by atoms with Crippen molar-refractivity contribution in [3.63, 3.8) is 0 Å². The lowest BCUT2D eigenvalue weighted by Gasteiger charge is -2.23. The molecule has 0 spiro atoms. The molecule has 1 saturated carbocycles. The summed E-state index contributed by atoms with van der Waals surface area (Å²) in [4.78, 5) is 44.9. The zero-order valence-electron chi connectivity index (χ0n) is 18.2. The van der Waals surface area contributed by atoms with Crippen LogP contribution in [0, 0.1) is 5.92 Å². The van der Waals surface area contributed by atoms with Crippen molar-refractivity contribution in [2.75, 3.05) is 0 Å². The summed E-state index contributed by atoms with van der Waals surface area (Å²) in [6, 6.07) is 7.22. The van der Waals surface area contributed by atoms with Crippen LogP contribution in [0.4, 0.5) is 0 Å². The Morgan fingerprint density at radius 1 is 1.22 bits per heavy atom. The standard InChI is InChI=1S/C24H28N4O4/c1-2-13-27-23(31)20-22(28(24(27)32)15-17-7-4-3-5-8-17)26-21(25-20)18-10-6-9-16(14-18)11-12-19(29)30/h6,9-12,14,17H,2-5,7-8,13,15H2,1H3,(H,25,26)(H,29,30). The Kier molecular flexibility index (Phi) is 6.39. The number of carboxylic acid groups (broad SMARTS) is 1. The number of aliphatic carboxylic acids is 1. The van der Waals surface area contributed by atoms with Crippen LogP contribution < -0.4 is 11.2 Å². The molecular formula is C24H28N4O4. The Morgan fingerprint density at radius 2 is 2.00 bits per heavy atom. The molecule has 8 nitrogen and oxygen atoms in total. The molecule has 8 heteroatoms. The highest BCUT2D eigenvalue weighted by Crippen LogP contribution is 2.26. The molecule has 32 heavy (non-hydrogen) atoms. The van der Waals surface area contributed by atoms with Crippen LogP contribution in [0.25, 0.3) is 28.6 Å². The van der Waals surface area contributed by atoms with Gasteiger partial charge in [-0.05, 0) is 42.9 Å². The van der Waals surface area contributed by atoms with Crippen molar-refractivity contribution < 1.29 is 9.90 Å². The molecule has 1 fully saturated rings. The number of carbonyl (C=O) groups is 1. The molecule has 0 bridgehead atoms. The number of nitrogens with one attached hydrogen (secondary N) is 1. The van der Waals surface area contributed by atoms with Crippen molar-refractivity contribution in [2.24, 2.45) is 5.92 Å². The monoisotopic (exact) mass is 436 g/mol. The van der Waals surface area contributed by atoms with Crippen molar-refractivity contribution in [2.45, 2.75) is 58.5 Å². The summed E-state index contributed by atoms with van der Waals surface area (Å²) in [6.07, 6.45) is 8.99. The third kappa shape index (κ3) is 4.44. The molecule has 1 aliphatic carbocycles. The van der Waals surface area contributed by atoms with Gasteiger partial charge in [-0.3, -0.25) is 13.9 Å². The van der Waals surface area contributed by atoms with Gasteiger partial charge in [0.15, 0.2) is 5.52 Å². The van der Waals surface area contributed by atoms with Crippen molar-refractivity contribution in [3.05, 3.63) is 56.7 Å². The van der Waals surface area contributed by atoms with Crippen LogP contribution in [0.3, 0.4) is 0 Å². The van der Waals surface area contributed by atoms with Gasteiger partial charge in [-0.15, -0.1) is 0 Å². The molecular weight excluding hydrogens is 408 g/mol. The Morgan fingerprint density at radius 3 is 2.72 bits per heavy atom. The Balaban J connectivity index is 1.83. The number of carboxylic acids is 1. The van der Waals surface area contributed by atoms with Crippen LogP contribution in [-0.4, -0.2) is 30.2 Å². The minimum atomic E-state index is -1.03. The summed E-state index contributed by atoms with van der Waals surface area (Å²) < 4.78 is 2.98. The fourth-order valence-corrected chi connectivity index (χ4v) is 4.48. The fourth-order valence-electron chi connectivity index (χ4n) is 4.48. The van der Waals surface area contributed by atoms with E-state index in [9.17, 15) is 14.4 Å². The lowest BCUT2D eigenvalue weighted by Crippen LogP contribution is -2.41. The van der Waals surface area contributed by atoms with Crippen LogP contribution >= 0.6 is 0 Å². The molecule has 0 aliphatic heterocycles. The average Bonchev–Trinajstić information content (AvgIpc) is 3.25. The predicted octanol–water partition coefficient (Wildman–Crippen LogP) is 3.64. The first-order valence-corrected chi connectivity index (χ1v) is 11.2. The van der Waals surface area contributed by atoms with Crippen molar-refractivity contribution >= 4 is 23.2 Å². The van der Waals surface area contributed by atoms with Gasteiger partial charge < -0.3 is 10.1 Å². The van der Waals surface area contributed by atoms with Crippen molar-refractivity contribution in [1.29, 1.82) is 0 Å². The smallest absolute Gasteiger partial charge is 0.332 e. The number of fused-ring (bicyclic) bond motifs is 1. The number of H-pyrrole nitrogens is 1. The van der Waals surface area contributed by atoms with Gasteiger partial charge in [-0.2, -0.15) is 0 Å². The Bertz CT molecular complexity index is 1280. The third-order valence-corrected chi connectivity index (χ3v) is 6.06. The molecule has 0 amide bonds.